The smallest absolute Gasteiger partial charge is 0.391 e. The first-order chi connectivity index (χ1) is 11.5. The molecule has 0 aromatic rings. The molecule has 0 saturated heterocycles. The highest BCUT2D eigenvalue weighted by Gasteiger charge is 2.16. The van der Waals surface area contributed by atoms with Crippen molar-refractivity contribution in [1.82, 2.24) is 0 Å². The van der Waals surface area contributed by atoms with Crippen LogP contribution < -0.4 is 0 Å². The fourth-order valence-corrected chi connectivity index (χ4v) is 3.21. The molecule has 5 nitrogen and oxygen atoms in total. The summed E-state index contributed by atoms with van der Waals surface area (Å²) in [4.78, 5) is 17.1. The van der Waals surface area contributed by atoms with Gasteiger partial charge in [0.2, 0.25) is 0 Å². The van der Waals surface area contributed by atoms with Crippen molar-refractivity contribution < 1.29 is 24.0 Å². The van der Waals surface area contributed by atoms with E-state index in [1.165, 1.54) is 77.0 Å². The van der Waals surface area contributed by atoms with Gasteiger partial charge in [-0.1, -0.05) is 96.8 Å². The molecule has 1 unspecified atom stereocenters. The molecule has 0 aromatic heterocycles. The minimum atomic E-state index is -4.45. The summed E-state index contributed by atoms with van der Waals surface area (Å²) in [6.07, 6.45) is 17.7. The lowest BCUT2D eigenvalue weighted by atomic mass is 10.0. The van der Waals surface area contributed by atoms with Gasteiger partial charge in [-0.2, -0.15) is 0 Å². The maximum Gasteiger partial charge on any atom is 0.469 e. The first-order valence-electron chi connectivity index (χ1n) is 9.84. The van der Waals surface area contributed by atoms with E-state index < -0.39 is 13.9 Å². The average Bonchev–Trinajstić information content (AvgIpc) is 2.52. The molecule has 0 radical (unpaired) electrons. The average molecular weight is 366 g/mol. The normalized spacial score (nSPS) is 13.3. The van der Waals surface area contributed by atoms with Crippen LogP contribution in [-0.2, 0) is 9.09 Å². The van der Waals surface area contributed by atoms with Gasteiger partial charge in [0.25, 0.3) is 0 Å². The third kappa shape index (κ3) is 20.1. The van der Waals surface area contributed by atoms with E-state index in [4.69, 9.17) is 9.79 Å². The van der Waals surface area contributed by atoms with Crippen LogP contribution in [0.1, 0.15) is 103 Å². The van der Waals surface area contributed by atoms with E-state index in [1.807, 2.05) is 0 Å². The fraction of sp³-hybridized carbons (Fsp3) is 1.00. The molecule has 146 valence electrons. The Morgan fingerprint density at radius 2 is 1.12 bits per heavy atom. The van der Waals surface area contributed by atoms with Crippen molar-refractivity contribution in [3.63, 3.8) is 0 Å². The van der Waals surface area contributed by atoms with Crippen molar-refractivity contribution in [2.24, 2.45) is 0 Å². The summed E-state index contributed by atoms with van der Waals surface area (Å²) >= 11 is 0. The highest BCUT2D eigenvalue weighted by molar-refractivity contribution is 7.46. The summed E-state index contributed by atoms with van der Waals surface area (Å²) < 4.78 is 14.8. The molecule has 0 aromatic carbocycles. The van der Waals surface area contributed by atoms with Crippen LogP contribution in [0.3, 0.4) is 0 Å². The maximum absolute atomic E-state index is 10.5. The van der Waals surface area contributed by atoms with Crippen LogP contribution in [0, 0.1) is 0 Å². The van der Waals surface area contributed by atoms with E-state index in [1.54, 1.807) is 0 Å². The monoisotopic (exact) mass is 366 g/mol. The zero-order valence-corrected chi connectivity index (χ0v) is 16.4. The quantitative estimate of drug-likeness (QED) is 0.225. The van der Waals surface area contributed by atoms with E-state index in [2.05, 4.69) is 11.4 Å². The number of phosphoric ester groups is 1. The zero-order valence-electron chi connectivity index (χ0n) is 15.5. The van der Waals surface area contributed by atoms with Crippen LogP contribution >= 0.6 is 7.82 Å². The van der Waals surface area contributed by atoms with Gasteiger partial charge in [-0.15, -0.1) is 0 Å². The molecule has 0 heterocycles. The van der Waals surface area contributed by atoms with E-state index >= 15 is 0 Å². The molecule has 3 N–H and O–H groups in total. The van der Waals surface area contributed by atoms with E-state index in [0.29, 0.717) is 6.42 Å². The molecule has 0 rings (SSSR count). The first-order valence-corrected chi connectivity index (χ1v) is 11.4. The van der Waals surface area contributed by atoms with Gasteiger partial charge < -0.3 is 14.9 Å². The van der Waals surface area contributed by atoms with Gasteiger partial charge in [0.05, 0.1) is 12.7 Å². The minimum Gasteiger partial charge on any atom is -0.391 e. The van der Waals surface area contributed by atoms with Crippen LogP contribution in [0.5, 0.6) is 0 Å². The van der Waals surface area contributed by atoms with E-state index in [0.717, 1.165) is 12.8 Å². The van der Waals surface area contributed by atoms with Crippen LogP contribution in [-0.4, -0.2) is 27.6 Å². The van der Waals surface area contributed by atoms with Gasteiger partial charge >= 0.3 is 7.82 Å². The predicted octanol–water partition coefficient (Wildman–Crippen LogP) is 5.33. The highest BCUT2D eigenvalue weighted by atomic mass is 31.2. The van der Waals surface area contributed by atoms with Crippen molar-refractivity contribution in [2.45, 2.75) is 109 Å². The summed E-state index contributed by atoms with van der Waals surface area (Å²) in [6.45, 7) is 1.96. The van der Waals surface area contributed by atoms with E-state index in [9.17, 15) is 9.67 Å². The number of phosphoric acid groups is 1. The van der Waals surface area contributed by atoms with Gasteiger partial charge in [-0.3, -0.25) is 4.52 Å². The SMILES string of the molecule is CCCCCCCCCCCCCCCCC(O)COP(=O)(O)O. The second kappa shape index (κ2) is 16.5. The molecule has 1 atom stereocenters. The Morgan fingerprint density at radius 1 is 0.750 bits per heavy atom. The van der Waals surface area contributed by atoms with E-state index in [-0.39, 0.29) is 6.61 Å². The maximum atomic E-state index is 10.5. The lowest BCUT2D eigenvalue weighted by molar-refractivity contribution is 0.0774. The third-order valence-electron chi connectivity index (χ3n) is 4.33. The summed E-state index contributed by atoms with van der Waals surface area (Å²) in [5, 5.41) is 9.54. The van der Waals surface area contributed by atoms with Crippen molar-refractivity contribution in [3.8, 4) is 0 Å². The van der Waals surface area contributed by atoms with Gasteiger partial charge in [0.15, 0.2) is 0 Å². The zero-order chi connectivity index (χ0) is 18.1. The van der Waals surface area contributed by atoms with Crippen LogP contribution in [0.4, 0.5) is 0 Å². The van der Waals surface area contributed by atoms with Crippen molar-refractivity contribution in [3.05, 3.63) is 0 Å². The lowest BCUT2D eigenvalue weighted by Crippen LogP contribution is -2.14. The molecule has 0 amide bonds. The Labute approximate surface area is 148 Å². The molecule has 0 aliphatic heterocycles. The molecule has 0 saturated carbocycles. The Kier molecular flexibility index (Phi) is 16.6. The number of aliphatic hydroxyl groups is 1. The standard InChI is InChI=1S/C18H39O5P/c1-2-3-4-5-6-7-8-9-10-11-12-13-14-15-16-18(19)17-23-24(20,21)22/h18-19H,2-17H2,1H3,(H2,20,21,22). The lowest BCUT2D eigenvalue weighted by Gasteiger charge is -2.11. The highest BCUT2D eigenvalue weighted by Crippen LogP contribution is 2.35. The molecular weight excluding hydrogens is 327 g/mol. The van der Waals surface area contributed by atoms with Crippen molar-refractivity contribution >= 4 is 7.82 Å². The molecule has 0 spiro atoms. The molecule has 24 heavy (non-hydrogen) atoms. The van der Waals surface area contributed by atoms with Crippen molar-refractivity contribution in [1.29, 1.82) is 0 Å². The largest absolute Gasteiger partial charge is 0.469 e. The third-order valence-corrected chi connectivity index (χ3v) is 4.81. The van der Waals surface area contributed by atoms with Crippen LogP contribution in [0.2, 0.25) is 0 Å². The predicted molar refractivity (Wildman–Crippen MR) is 98.9 cm³/mol. The summed E-state index contributed by atoms with van der Waals surface area (Å²) in [6, 6.07) is 0. The number of aliphatic hydroxyl groups excluding tert-OH is 1. The summed E-state index contributed by atoms with van der Waals surface area (Å²) in [5.41, 5.74) is 0. The Bertz CT molecular complexity index is 306. The minimum absolute atomic E-state index is 0.289. The molecule has 0 aliphatic carbocycles. The second-order valence-corrected chi connectivity index (χ2v) is 8.06. The Morgan fingerprint density at radius 3 is 1.50 bits per heavy atom. The Hall–Kier alpha value is 0.0700. The topological polar surface area (TPSA) is 87.0 Å². The number of unbranched alkanes of at least 4 members (excludes halogenated alkanes) is 13. The Balaban J connectivity index is 3.16. The van der Waals surface area contributed by atoms with Crippen molar-refractivity contribution in [2.75, 3.05) is 6.61 Å². The molecular formula is C18H39O5P. The number of rotatable bonds is 18. The second-order valence-electron chi connectivity index (χ2n) is 6.83. The molecule has 6 heteroatoms. The molecule has 0 fully saturated rings. The summed E-state index contributed by atoms with van der Waals surface area (Å²) in [7, 11) is -4.45. The first kappa shape index (κ1) is 24.1. The number of hydrogen-bond donors (Lipinski definition) is 3. The van der Waals surface area contributed by atoms with Crippen LogP contribution in [0.25, 0.3) is 0 Å². The van der Waals surface area contributed by atoms with Crippen LogP contribution in [0.15, 0.2) is 0 Å². The number of hydrogen-bond acceptors (Lipinski definition) is 3. The van der Waals surface area contributed by atoms with Gasteiger partial charge in [0.1, 0.15) is 0 Å². The summed E-state index contributed by atoms with van der Waals surface area (Å²) in [5.74, 6) is 0. The van der Waals surface area contributed by atoms with Gasteiger partial charge in [-0.05, 0) is 6.42 Å². The fourth-order valence-electron chi connectivity index (χ4n) is 2.84. The van der Waals surface area contributed by atoms with Gasteiger partial charge in [0, 0.05) is 0 Å². The molecule has 0 aliphatic rings. The van der Waals surface area contributed by atoms with Gasteiger partial charge in [-0.25, -0.2) is 4.57 Å². The molecule has 0 bridgehead atoms.